The smallest absolute Gasteiger partial charge is 0.539 e. The van der Waals surface area contributed by atoms with Crippen molar-refractivity contribution >= 4 is 8.25 Å². The van der Waals surface area contributed by atoms with Crippen LogP contribution in [0.1, 0.15) is 12.5 Å². The molecule has 64 valence electrons. The molecule has 0 bridgehead atoms. The van der Waals surface area contributed by atoms with Crippen LogP contribution < -0.4 is 9.42 Å². The van der Waals surface area contributed by atoms with Gasteiger partial charge in [-0.3, -0.25) is 4.52 Å². The molecule has 0 aliphatic heterocycles. The molecule has 0 saturated heterocycles. The van der Waals surface area contributed by atoms with Crippen molar-refractivity contribution in [2.75, 3.05) is 0 Å². The summed E-state index contributed by atoms with van der Waals surface area (Å²) in [6.45, 7) is 1.94. The van der Waals surface area contributed by atoms with E-state index >= 15 is 0 Å². The van der Waals surface area contributed by atoms with Crippen molar-refractivity contribution in [1.29, 1.82) is 0 Å². The van der Waals surface area contributed by atoms with Gasteiger partial charge in [-0.25, -0.2) is 0 Å². The number of para-hydroxylation sites is 1. The zero-order chi connectivity index (χ0) is 8.97. The highest BCUT2D eigenvalue weighted by Crippen LogP contribution is 2.24. The fraction of sp³-hybridized carbons (Fsp3) is 0.250. The van der Waals surface area contributed by atoms with E-state index in [1.807, 2.05) is 19.1 Å². The van der Waals surface area contributed by atoms with E-state index in [1.54, 1.807) is 12.1 Å². The van der Waals surface area contributed by atoms with E-state index in [2.05, 4.69) is 4.52 Å². The van der Waals surface area contributed by atoms with Crippen LogP contribution >= 0.6 is 8.25 Å². The summed E-state index contributed by atoms with van der Waals surface area (Å²) < 4.78 is 14.8. The molecule has 1 unspecified atom stereocenters. The number of aryl methyl sites for hydroxylation is 1. The van der Waals surface area contributed by atoms with Gasteiger partial charge in [-0.05, 0) is 22.6 Å². The maximum absolute atomic E-state index is 10.3. The number of rotatable bonds is 3. The highest BCUT2D eigenvalue weighted by atomic mass is 31.1. The molecule has 3 nitrogen and oxygen atoms in total. The number of hydrogen-bond acceptors (Lipinski definition) is 3. The lowest BCUT2D eigenvalue weighted by molar-refractivity contribution is -0.178. The molecule has 0 amide bonds. The van der Waals surface area contributed by atoms with Crippen LogP contribution in [0.3, 0.4) is 0 Å². The van der Waals surface area contributed by atoms with Gasteiger partial charge >= 0.3 is 8.25 Å². The van der Waals surface area contributed by atoms with Crippen LogP contribution in [-0.2, 0) is 11.0 Å². The van der Waals surface area contributed by atoms with E-state index in [4.69, 9.17) is 0 Å². The Morgan fingerprint density at radius 1 is 1.50 bits per heavy atom. The summed E-state index contributed by atoms with van der Waals surface area (Å²) in [5, 5.41) is 0. The first-order valence-corrected chi connectivity index (χ1v) is 4.74. The van der Waals surface area contributed by atoms with Crippen LogP contribution in [0.4, 0.5) is 0 Å². The minimum Gasteiger partial charge on any atom is -0.558 e. The molecule has 1 aromatic carbocycles. The van der Waals surface area contributed by atoms with Gasteiger partial charge in [-0.2, -0.15) is 0 Å². The predicted molar refractivity (Wildman–Crippen MR) is 44.1 cm³/mol. The summed E-state index contributed by atoms with van der Waals surface area (Å²) in [6.07, 6.45) is 0.763. The Labute approximate surface area is 71.9 Å². The van der Waals surface area contributed by atoms with Gasteiger partial charge in [0.05, 0.1) is 0 Å². The van der Waals surface area contributed by atoms with E-state index in [1.165, 1.54) is 0 Å². The van der Waals surface area contributed by atoms with Gasteiger partial charge in [0.15, 0.2) is 5.75 Å². The first-order valence-electron chi connectivity index (χ1n) is 3.64. The van der Waals surface area contributed by atoms with Gasteiger partial charge < -0.3 is 4.89 Å². The van der Waals surface area contributed by atoms with Crippen LogP contribution in [0.15, 0.2) is 24.3 Å². The van der Waals surface area contributed by atoms with Gasteiger partial charge in [0.1, 0.15) is 0 Å². The predicted octanol–water partition coefficient (Wildman–Crippen LogP) is 1.65. The second-order valence-corrected chi connectivity index (χ2v) is 2.91. The Bertz CT molecular complexity index is 285. The monoisotopic (exact) mass is 184 g/mol. The standard InChI is InChI=1S/C8H9O3P/c1-2-7-5-3-4-6-8(7)11-12(9)10/h3-6H,2H2,1H3. The molecule has 0 saturated carbocycles. The molecule has 0 aliphatic rings. The molecular weight excluding hydrogens is 175 g/mol. The minimum atomic E-state index is -2.80. The minimum absolute atomic E-state index is 0.427. The van der Waals surface area contributed by atoms with E-state index < -0.39 is 8.25 Å². The van der Waals surface area contributed by atoms with Gasteiger partial charge in [-0.15, -0.1) is 0 Å². The lowest BCUT2D eigenvalue weighted by Crippen LogP contribution is -1.95. The normalized spacial score (nSPS) is 11.0. The SMILES string of the molecule is CCc1ccccc1O[P+](=O)[O-]. The maximum Gasteiger partial charge on any atom is 0.539 e. The summed E-state index contributed by atoms with van der Waals surface area (Å²) in [5.74, 6) is 0.427. The maximum atomic E-state index is 10.3. The fourth-order valence-corrected chi connectivity index (χ4v) is 1.30. The molecule has 0 N–H and O–H groups in total. The molecule has 1 aromatic rings. The highest BCUT2D eigenvalue weighted by Gasteiger charge is 2.07. The van der Waals surface area contributed by atoms with Crippen molar-refractivity contribution in [3.05, 3.63) is 29.8 Å². The Balaban J connectivity index is 2.89. The Kier molecular flexibility index (Phi) is 3.20. The third-order valence-corrected chi connectivity index (χ3v) is 1.87. The van der Waals surface area contributed by atoms with Crippen LogP contribution in [0.5, 0.6) is 5.75 Å². The number of hydrogen-bond donors (Lipinski definition) is 0. The largest absolute Gasteiger partial charge is 0.558 e. The number of benzene rings is 1. The van der Waals surface area contributed by atoms with Crippen LogP contribution in [0, 0.1) is 0 Å². The molecule has 1 atom stereocenters. The van der Waals surface area contributed by atoms with Crippen molar-refractivity contribution in [2.45, 2.75) is 13.3 Å². The molecule has 0 fully saturated rings. The van der Waals surface area contributed by atoms with Crippen molar-refractivity contribution < 1.29 is 14.0 Å². The quantitative estimate of drug-likeness (QED) is 0.671. The summed E-state index contributed by atoms with van der Waals surface area (Å²) in [4.78, 5) is 10.3. The first kappa shape index (κ1) is 9.17. The third kappa shape index (κ3) is 2.29. The van der Waals surface area contributed by atoms with Crippen molar-refractivity contribution in [3.63, 3.8) is 0 Å². The second-order valence-electron chi connectivity index (χ2n) is 2.28. The van der Waals surface area contributed by atoms with E-state index in [0.29, 0.717) is 5.75 Å². The topological polar surface area (TPSA) is 49.4 Å². The second kappa shape index (κ2) is 4.19. The van der Waals surface area contributed by atoms with Gasteiger partial charge in [0.2, 0.25) is 0 Å². The average Bonchev–Trinajstić information content (AvgIpc) is 2.04. The van der Waals surface area contributed by atoms with Gasteiger partial charge in [-0.1, -0.05) is 25.1 Å². The summed E-state index contributed by atoms with van der Waals surface area (Å²) >= 11 is 0. The summed E-state index contributed by atoms with van der Waals surface area (Å²) in [7, 11) is -2.80. The Hall–Kier alpha value is -0.920. The van der Waals surface area contributed by atoms with Crippen LogP contribution in [0.2, 0.25) is 0 Å². The molecule has 0 aliphatic carbocycles. The molecule has 0 aromatic heterocycles. The molecule has 4 heteroatoms. The van der Waals surface area contributed by atoms with Crippen molar-refractivity contribution in [1.82, 2.24) is 0 Å². The highest BCUT2D eigenvalue weighted by molar-refractivity contribution is 7.31. The first-order chi connectivity index (χ1) is 5.74. The van der Waals surface area contributed by atoms with Gasteiger partial charge in [0, 0.05) is 0 Å². The Morgan fingerprint density at radius 3 is 2.75 bits per heavy atom. The van der Waals surface area contributed by atoms with Crippen LogP contribution in [0.25, 0.3) is 0 Å². The lowest BCUT2D eigenvalue weighted by atomic mass is 10.1. The zero-order valence-electron chi connectivity index (χ0n) is 6.69. The third-order valence-electron chi connectivity index (χ3n) is 1.53. The fourth-order valence-electron chi connectivity index (χ4n) is 0.965. The van der Waals surface area contributed by atoms with Crippen LogP contribution in [-0.4, -0.2) is 0 Å². The van der Waals surface area contributed by atoms with E-state index in [9.17, 15) is 9.46 Å². The van der Waals surface area contributed by atoms with E-state index in [0.717, 1.165) is 12.0 Å². The van der Waals surface area contributed by atoms with Crippen molar-refractivity contribution in [3.8, 4) is 5.75 Å². The van der Waals surface area contributed by atoms with Gasteiger partial charge in [0.25, 0.3) is 0 Å². The average molecular weight is 184 g/mol. The molecule has 12 heavy (non-hydrogen) atoms. The zero-order valence-corrected chi connectivity index (χ0v) is 7.58. The molecule has 0 spiro atoms. The lowest BCUT2D eigenvalue weighted by Gasteiger charge is -2.00. The molecular formula is C8H9O3P. The van der Waals surface area contributed by atoms with E-state index in [-0.39, 0.29) is 0 Å². The van der Waals surface area contributed by atoms with Crippen molar-refractivity contribution in [2.24, 2.45) is 0 Å². The molecule has 1 rings (SSSR count). The summed E-state index contributed by atoms with van der Waals surface area (Å²) in [5.41, 5.74) is 0.900. The summed E-state index contributed by atoms with van der Waals surface area (Å²) in [6, 6.07) is 7.08. The molecule has 0 radical (unpaired) electrons. The Morgan fingerprint density at radius 2 is 2.17 bits per heavy atom. The molecule has 0 heterocycles.